The van der Waals surface area contributed by atoms with Crippen LogP contribution in [0.25, 0.3) is 0 Å². The van der Waals surface area contributed by atoms with Crippen LogP contribution in [-0.2, 0) is 14.3 Å². The van der Waals surface area contributed by atoms with Crippen LogP contribution < -0.4 is 5.32 Å². The van der Waals surface area contributed by atoms with Crippen LogP contribution in [0.3, 0.4) is 0 Å². The topological polar surface area (TPSA) is 64.6 Å². The van der Waals surface area contributed by atoms with Crippen LogP contribution in [0.1, 0.15) is 66.7 Å². The maximum absolute atomic E-state index is 11.8. The highest BCUT2D eigenvalue weighted by atomic mass is 16.6. The molecule has 1 unspecified atom stereocenters. The van der Waals surface area contributed by atoms with Gasteiger partial charge in [-0.05, 0) is 40.0 Å². The largest absolute Gasteiger partial charge is 0.465 e. The zero-order valence-electron chi connectivity index (χ0n) is 14.2. The molecule has 0 rings (SSSR count). The van der Waals surface area contributed by atoms with Crippen LogP contribution in [0.15, 0.2) is 0 Å². The van der Waals surface area contributed by atoms with Crippen LogP contribution in [0, 0.1) is 5.92 Å². The highest BCUT2D eigenvalue weighted by molar-refractivity contribution is 5.72. The summed E-state index contributed by atoms with van der Waals surface area (Å²) in [6, 6.07) is 0. The number of hydrogen-bond donors (Lipinski definition) is 1. The second-order valence-corrected chi connectivity index (χ2v) is 6.20. The summed E-state index contributed by atoms with van der Waals surface area (Å²) in [5.41, 5.74) is -0.496. The van der Waals surface area contributed by atoms with Crippen molar-refractivity contribution in [2.24, 2.45) is 5.92 Å². The van der Waals surface area contributed by atoms with Gasteiger partial charge in [0.05, 0.1) is 12.5 Å². The third-order valence-corrected chi connectivity index (χ3v) is 2.97. The molecule has 1 N–H and O–H groups in total. The third kappa shape index (κ3) is 11.1. The predicted molar refractivity (Wildman–Crippen MR) is 83.1 cm³/mol. The summed E-state index contributed by atoms with van der Waals surface area (Å²) in [5.74, 6) is -0.119. The van der Waals surface area contributed by atoms with Crippen molar-refractivity contribution in [1.82, 2.24) is 5.32 Å². The van der Waals surface area contributed by atoms with Gasteiger partial charge in [0.2, 0.25) is 0 Å². The van der Waals surface area contributed by atoms with Crippen molar-refractivity contribution in [1.29, 1.82) is 0 Å². The second kappa shape index (κ2) is 10.5. The van der Waals surface area contributed by atoms with Gasteiger partial charge < -0.3 is 14.8 Å². The molecule has 0 saturated heterocycles. The Kier molecular flexibility index (Phi) is 9.84. The molecular weight excluding hydrogens is 270 g/mol. The predicted octanol–water partition coefficient (Wildman–Crippen LogP) is 3.66. The minimum Gasteiger partial charge on any atom is -0.465 e. The zero-order valence-corrected chi connectivity index (χ0v) is 14.2. The molecule has 1 amide bonds. The number of amides is 1. The Morgan fingerprint density at radius 1 is 1.14 bits per heavy atom. The molecule has 0 spiro atoms. The Bertz CT molecular complexity index is 310. The lowest BCUT2D eigenvalue weighted by atomic mass is 10.00. The average molecular weight is 301 g/mol. The Morgan fingerprint density at radius 3 is 2.33 bits per heavy atom. The molecule has 0 radical (unpaired) electrons. The minimum atomic E-state index is -0.496. The number of ether oxygens (including phenoxy) is 2. The fourth-order valence-electron chi connectivity index (χ4n) is 1.81. The number of carbonyl (C=O) groups excluding carboxylic acids is 2. The minimum absolute atomic E-state index is 0.00349. The summed E-state index contributed by atoms with van der Waals surface area (Å²) >= 11 is 0. The van der Waals surface area contributed by atoms with Crippen molar-refractivity contribution < 1.29 is 19.1 Å². The summed E-state index contributed by atoms with van der Waals surface area (Å²) in [5, 5.41) is 2.64. The van der Waals surface area contributed by atoms with E-state index in [9.17, 15) is 9.59 Å². The number of rotatable bonds is 9. The van der Waals surface area contributed by atoms with Gasteiger partial charge in [0.1, 0.15) is 5.60 Å². The van der Waals surface area contributed by atoms with Crippen LogP contribution in [0.4, 0.5) is 4.79 Å². The normalized spacial score (nSPS) is 12.6. The summed E-state index contributed by atoms with van der Waals surface area (Å²) in [6.07, 6.45) is 3.99. The van der Waals surface area contributed by atoms with E-state index < -0.39 is 11.7 Å². The van der Waals surface area contributed by atoms with E-state index in [0.29, 0.717) is 19.6 Å². The molecule has 0 bridgehead atoms. The first-order valence-electron chi connectivity index (χ1n) is 7.93. The number of unbranched alkanes of at least 4 members (excludes halogenated alkanes) is 1. The number of hydrogen-bond acceptors (Lipinski definition) is 4. The molecule has 1 atom stereocenters. The van der Waals surface area contributed by atoms with E-state index in [1.807, 2.05) is 27.7 Å². The van der Waals surface area contributed by atoms with Crippen molar-refractivity contribution >= 4 is 12.1 Å². The summed E-state index contributed by atoms with van der Waals surface area (Å²) in [6.45, 7) is 10.3. The van der Waals surface area contributed by atoms with Crippen LogP contribution in [-0.4, -0.2) is 30.8 Å². The lowest BCUT2D eigenvalue weighted by molar-refractivity contribution is -0.149. The van der Waals surface area contributed by atoms with E-state index in [1.54, 1.807) is 0 Å². The maximum Gasteiger partial charge on any atom is 0.407 e. The molecule has 0 saturated carbocycles. The van der Waals surface area contributed by atoms with Gasteiger partial charge in [-0.25, -0.2) is 4.79 Å². The van der Waals surface area contributed by atoms with Crippen molar-refractivity contribution in [2.45, 2.75) is 72.3 Å². The quantitative estimate of drug-likeness (QED) is 0.521. The van der Waals surface area contributed by atoms with Gasteiger partial charge in [-0.2, -0.15) is 0 Å². The Balaban J connectivity index is 3.74. The van der Waals surface area contributed by atoms with E-state index in [4.69, 9.17) is 9.47 Å². The molecule has 0 aliphatic carbocycles. The van der Waals surface area contributed by atoms with Crippen LogP contribution >= 0.6 is 0 Å². The SMILES string of the molecule is CCCCC(CC)C(=O)OCCCNC(=O)OC(C)(C)C. The van der Waals surface area contributed by atoms with Gasteiger partial charge in [0, 0.05) is 6.54 Å². The number of carbonyl (C=O) groups is 2. The highest BCUT2D eigenvalue weighted by Gasteiger charge is 2.17. The molecule has 0 fully saturated rings. The Morgan fingerprint density at radius 2 is 1.81 bits per heavy atom. The van der Waals surface area contributed by atoms with Gasteiger partial charge in [-0.3, -0.25) is 4.79 Å². The van der Waals surface area contributed by atoms with E-state index >= 15 is 0 Å². The third-order valence-electron chi connectivity index (χ3n) is 2.97. The van der Waals surface area contributed by atoms with Crippen molar-refractivity contribution in [3.63, 3.8) is 0 Å². The van der Waals surface area contributed by atoms with E-state index in [2.05, 4.69) is 12.2 Å². The van der Waals surface area contributed by atoms with Crippen LogP contribution in [0.2, 0.25) is 0 Å². The standard InChI is InChI=1S/C16H31NO4/c1-6-8-10-13(7-2)14(18)20-12-9-11-17-15(19)21-16(3,4)5/h13H,6-12H2,1-5H3,(H,17,19). The molecule has 5 nitrogen and oxygen atoms in total. The molecule has 0 aliphatic heterocycles. The van der Waals surface area contributed by atoms with Gasteiger partial charge in [0.15, 0.2) is 0 Å². The molecule has 0 aromatic carbocycles. The summed E-state index contributed by atoms with van der Waals surface area (Å²) in [4.78, 5) is 23.2. The highest BCUT2D eigenvalue weighted by Crippen LogP contribution is 2.14. The van der Waals surface area contributed by atoms with E-state index in [0.717, 1.165) is 25.7 Å². The maximum atomic E-state index is 11.8. The number of esters is 1. The van der Waals surface area contributed by atoms with E-state index in [-0.39, 0.29) is 11.9 Å². The fraction of sp³-hybridized carbons (Fsp3) is 0.875. The molecule has 0 heterocycles. The number of nitrogens with one attached hydrogen (secondary N) is 1. The smallest absolute Gasteiger partial charge is 0.407 e. The Labute approximate surface area is 128 Å². The fourth-order valence-corrected chi connectivity index (χ4v) is 1.81. The van der Waals surface area contributed by atoms with E-state index in [1.165, 1.54) is 0 Å². The molecule has 21 heavy (non-hydrogen) atoms. The second-order valence-electron chi connectivity index (χ2n) is 6.20. The first kappa shape index (κ1) is 19.7. The first-order chi connectivity index (χ1) is 9.80. The van der Waals surface area contributed by atoms with Gasteiger partial charge in [-0.15, -0.1) is 0 Å². The molecule has 0 aliphatic rings. The first-order valence-corrected chi connectivity index (χ1v) is 7.93. The van der Waals surface area contributed by atoms with Gasteiger partial charge in [-0.1, -0.05) is 26.7 Å². The lowest BCUT2D eigenvalue weighted by Gasteiger charge is -2.19. The summed E-state index contributed by atoms with van der Waals surface area (Å²) < 4.78 is 10.4. The van der Waals surface area contributed by atoms with Gasteiger partial charge in [0.25, 0.3) is 0 Å². The summed E-state index contributed by atoms with van der Waals surface area (Å²) in [7, 11) is 0. The Hall–Kier alpha value is -1.26. The number of alkyl carbamates (subject to hydrolysis) is 1. The van der Waals surface area contributed by atoms with Crippen molar-refractivity contribution in [3.8, 4) is 0 Å². The molecule has 124 valence electrons. The zero-order chi connectivity index (χ0) is 16.3. The van der Waals surface area contributed by atoms with Crippen molar-refractivity contribution in [3.05, 3.63) is 0 Å². The molecular formula is C16H31NO4. The monoisotopic (exact) mass is 301 g/mol. The van der Waals surface area contributed by atoms with Gasteiger partial charge >= 0.3 is 12.1 Å². The molecule has 0 aromatic heterocycles. The average Bonchev–Trinajstić information content (AvgIpc) is 2.37. The molecule has 0 aromatic rings. The molecule has 5 heteroatoms. The van der Waals surface area contributed by atoms with Crippen molar-refractivity contribution in [2.75, 3.05) is 13.2 Å². The van der Waals surface area contributed by atoms with Crippen LogP contribution in [0.5, 0.6) is 0 Å². The lowest BCUT2D eigenvalue weighted by Crippen LogP contribution is -2.33.